The molecule has 0 unspecified atom stereocenters. The molecule has 0 saturated carbocycles. The Morgan fingerprint density at radius 1 is 1.40 bits per heavy atom. The van der Waals surface area contributed by atoms with E-state index >= 15 is 0 Å². The number of aromatic amines is 1. The maximum absolute atomic E-state index is 3.81. The number of hydrogen-bond donors (Lipinski definition) is 1. The number of nitrogens with zero attached hydrogens (tertiary/aromatic N) is 5. The molecule has 0 bridgehead atoms. The SMILES string of the molecule is C1=NC(c2c[nH]nn2)=N[N]1. The molecule has 0 fully saturated rings. The van der Waals surface area contributed by atoms with Crippen LogP contribution in [0.2, 0.25) is 0 Å². The minimum absolute atomic E-state index is 0.494. The van der Waals surface area contributed by atoms with Crippen LogP contribution >= 0.6 is 0 Å². The van der Waals surface area contributed by atoms with Crippen molar-refractivity contribution in [2.24, 2.45) is 10.1 Å². The Morgan fingerprint density at radius 2 is 2.40 bits per heavy atom. The molecule has 0 amide bonds. The lowest BCUT2D eigenvalue weighted by Gasteiger charge is -1.81. The van der Waals surface area contributed by atoms with E-state index in [1.165, 1.54) is 6.34 Å². The fourth-order valence-corrected chi connectivity index (χ4v) is 0.615. The van der Waals surface area contributed by atoms with Crippen molar-refractivity contribution in [2.75, 3.05) is 0 Å². The summed E-state index contributed by atoms with van der Waals surface area (Å²) in [6, 6.07) is 0. The maximum atomic E-state index is 3.81. The van der Waals surface area contributed by atoms with Crippen LogP contribution in [0.1, 0.15) is 5.69 Å². The average Bonchev–Trinajstić information content (AvgIpc) is 2.59. The summed E-state index contributed by atoms with van der Waals surface area (Å²) in [5.41, 5.74) is 4.14. The van der Waals surface area contributed by atoms with Crippen molar-refractivity contribution in [3.8, 4) is 0 Å². The van der Waals surface area contributed by atoms with Crippen molar-refractivity contribution >= 4 is 12.2 Å². The third-order valence-corrected chi connectivity index (χ3v) is 1.03. The Hall–Kier alpha value is -1.72. The quantitative estimate of drug-likeness (QED) is 0.542. The molecule has 2 rings (SSSR count). The van der Waals surface area contributed by atoms with Gasteiger partial charge in [0.25, 0.3) is 0 Å². The van der Waals surface area contributed by atoms with Crippen molar-refractivity contribution in [2.45, 2.75) is 0 Å². The predicted octanol–water partition coefficient (Wildman–Crippen LogP) is -0.887. The van der Waals surface area contributed by atoms with Crippen LogP contribution in [0.3, 0.4) is 0 Å². The van der Waals surface area contributed by atoms with Crippen molar-refractivity contribution in [3.63, 3.8) is 0 Å². The van der Waals surface area contributed by atoms with Gasteiger partial charge in [-0.1, -0.05) is 5.21 Å². The first kappa shape index (κ1) is 5.10. The van der Waals surface area contributed by atoms with Crippen molar-refractivity contribution < 1.29 is 0 Å². The number of aromatic nitrogens is 3. The van der Waals surface area contributed by atoms with Gasteiger partial charge in [0.1, 0.15) is 6.34 Å². The molecule has 10 heavy (non-hydrogen) atoms. The third-order valence-electron chi connectivity index (χ3n) is 1.03. The number of amidine groups is 1. The second-order valence-corrected chi connectivity index (χ2v) is 1.64. The van der Waals surface area contributed by atoms with Crippen molar-refractivity contribution in [1.29, 1.82) is 0 Å². The first-order valence-corrected chi connectivity index (χ1v) is 2.64. The lowest BCUT2D eigenvalue weighted by Crippen LogP contribution is -1.93. The molecule has 1 aliphatic rings. The summed E-state index contributed by atoms with van der Waals surface area (Å²) in [5.74, 6) is 0.494. The molecule has 1 aromatic rings. The topological polar surface area (TPSA) is 80.4 Å². The summed E-state index contributed by atoms with van der Waals surface area (Å²) in [5, 5.41) is 13.4. The monoisotopic (exact) mass is 135 g/mol. The lowest BCUT2D eigenvalue weighted by atomic mass is 10.4. The van der Waals surface area contributed by atoms with Crippen LogP contribution in [0, 0.1) is 0 Å². The molecule has 0 aromatic carbocycles. The van der Waals surface area contributed by atoms with E-state index < -0.39 is 0 Å². The number of aliphatic imine (C=N–C) groups is 1. The van der Waals surface area contributed by atoms with Gasteiger partial charge in [0.15, 0.2) is 5.69 Å². The highest BCUT2D eigenvalue weighted by atomic mass is 15.4. The van der Waals surface area contributed by atoms with Crippen LogP contribution in [0.25, 0.3) is 0 Å². The smallest absolute Gasteiger partial charge is 0.205 e. The normalized spacial score (nSPS) is 15.0. The third kappa shape index (κ3) is 0.661. The molecule has 0 atom stereocenters. The first-order chi connectivity index (χ1) is 4.97. The van der Waals surface area contributed by atoms with Crippen molar-refractivity contribution in [1.82, 2.24) is 20.8 Å². The lowest BCUT2D eigenvalue weighted by molar-refractivity contribution is 0.935. The molecule has 1 N–H and O–H groups in total. The zero-order chi connectivity index (χ0) is 6.81. The van der Waals surface area contributed by atoms with Gasteiger partial charge < -0.3 is 0 Å². The van der Waals surface area contributed by atoms with Crippen LogP contribution in [-0.2, 0) is 0 Å². The molecule has 0 aliphatic carbocycles. The number of H-pyrrole nitrogens is 1. The Kier molecular flexibility index (Phi) is 0.970. The minimum atomic E-state index is 0.494. The van der Waals surface area contributed by atoms with E-state index in [0.29, 0.717) is 11.5 Å². The van der Waals surface area contributed by atoms with Gasteiger partial charge in [-0.2, -0.15) is 0 Å². The Balaban J connectivity index is 2.36. The van der Waals surface area contributed by atoms with Gasteiger partial charge in [0.2, 0.25) is 5.84 Å². The van der Waals surface area contributed by atoms with E-state index in [4.69, 9.17) is 0 Å². The van der Waals surface area contributed by atoms with E-state index in [-0.39, 0.29) is 0 Å². The second-order valence-electron chi connectivity index (χ2n) is 1.64. The van der Waals surface area contributed by atoms with Gasteiger partial charge in [-0.05, 0) is 0 Å². The average molecular weight is 135 g/mol. The fraction of sp³-hybridized carbons (Fsp3) is 0. The fourth-order valence-electron chi connectivity index (χ4n) is 0.615. The van der Waals surface area contributed by atoms with Crippen LogP contribution < -0.4 is 5.43 Å². The Labute approximate surface area is 56.1 Å². The molecular formula is C4H3N6. The standard InChI is InChI=1S/C4H3N6/c1-3(8-10-6-1)4-5-2-7-9-4/h1-2H,(H,6,8,10). The van der Waals surface area contributed by atoms with Crippen LogP contribution in [0.15, 0.2) is 16.3 Å². The van der Waals surface area contributed by atoms with E-state index in [9.17, 15) is 0 Å². The first-order valence-electron chi connectivity index (χ1n) is 2.64. The second kappa shape index (κ2) is 1.90. The summed E-state index contributed by atoms with van der Waals surface area (Å²) in [4.78, 5) is 3.81. The van der Waals surface area contributed by atoms with Crippen LogP contribution in [-0.4, -0.2) is 27.6 Å². The van der Waals surface area contributed by atoms with Crippen LogP contribution in [0.4, 0.5) is 0 Å². The number of hydrogen-bond acceptors (Lipinski definition) is 4. The van der Waals surface area contributed by atoms with Crippen molar-refractivity contribution in [3.05, 3.63) is 11.9 Å². The van der Waals surface area contributed by atoms with Gasteiger partial charge in [-0.15, -0.1) is 15.6 Å². The number of rotatable bonds is 1. The van der Waals surface area contributed by atoms with E-state index in [1.807, 2.05) is 0 Å². The van der Waals surface area contributed by atoms with E-state index in [0.717, 1.165) is 0 Å². The van der Waals surface area contributed by atoms with Gasteiger partial charge in [-0.3, -0.25) is 5.10 Å². The highest BCUT2D eigenvalue weighted by Gasteiger charge is 2.07. The summed E-state index contributed by atoms with van der Waals surface area (Å²) >= 11 is 0. The largest absolute Gasteiger partial charge is 0.265 e. The molecule has 0 saturated heterocycles. The molecule has 1 aromatic heterocycles. The van der Waals surface area contributed by atoms with Crippen LogP contribution in [0.5, 0.6) is 0 Å². The Bertz CT molecular complexity index is 270. The molecule has 6 heteroatoms. The summed E-state index contributed by atoms with van der Waals surface area (Å²) in [7, 11) is 0. The highest BCUT2D eigenvalue weighted by molar-refractivity contribution is 6.03. The zero-order valence-electron chi connectivity index (χ0n) is 4.89. The van der Waals surface area contributed by atoms with Gasteiger partial charge >= 0.3 is 0 Å². The molecule has 1 radical (unpaired) electrons. The van der Waals surface area contributed by atoms with Gasteiger partial charge in [0.05, 0.1) is 6.20 Å². The summed E-state index contributed by atoms with van der Waals surface area (Å²) < 4.78 is 0. The molecule has 49 valence electrons. The molecule has 6 nitrogen and oxygen atoms in total. The predicted molar refractivity (Wildman–Crippen MR) is 33.5 cm³/mol. The highest BCUT2D eigenvalue weighted by Crippen LogP contribution is 1.96. The maximum Gasteiger partial charge on any atom is 0.205 e. The van der Waals surface area contributed by atoms with E-state index in [2.05, 4.69) is 30.9 Å². The van der Waals surface area contributed by atoms with Gasteiger partial charge in [-0.25, -0.2) is 4.99 Å². The minimum Gasteiger partial charge on any atom is -0.265 e. The zero-order valence-corrected chi connectivity index (χ0v) is 4.89. The van der Waals surface area contributed by atoms with Gasteiger partial charge in [0, 0.05) is 0 Å². The molecule has 1 aliphatic heterocycles. The molecule has 0 spiro atoms. The summed E-state index contributed by atoms with van der Waals surface area (Å²) in [6.45, 7) is 0. The Morgan fingerprint density at radius 3 is 3.00 bits per heavy atom. The van der Waals surface area contributed by atoms with E-state index in [1.54, 1.807) is 6.20 Å². The number of nitrogens with one attached hydrogen (secondary N) is 1. The molecule has 2 heterocycles. The molecular weight excluding hydrogens is 132 g/mol. The summed E-state index contributed by atoms with van der Waals surface area (Å²) in [6.07, 6.45) is 2.97.